The van der Waals surface area contributed by atoms with E-state index in [1.54, 1.807) is 14.2 Å². The summed E-state index contributed by atoms with van der Waals surface area (Å²) in [4.78, 5) is 11.9. The molecule has 5 rings (SSSR count). The fraction of sp³-hybridized carbons (Fsp3) is 0.333. The monoisotopic (exact) mass is 499 g/mol. The van der Waals surface area contributed by atoms with E-state index in [4.69, 9.17) is 28.9 Å². The van der Waals surface area contributed by atoms with Gasteiger partial charge < -0.3 is 23.8 Å². The molecule has 0 spiro atoms. The van der Waals surface area contributed by atoms with Crippen LogP contribution in [0, 0.1) is 13.8 Å². The molecule has 1 fully saturated rings. The molecule has 0 amide bonds. The lowest BCUT2D eigenvalue weighted by Crippen LogP contribution is -2.37. The lowest BCUT2D eigenvalue weighted by Gasteiger charge is -2.29. The van der Waals surface area contributed by atoms with Crippen LogP contribution < -0.4 is 19.1 Å². The number of ether oxygens (including phenoxy) is 4. The Morgan fingerprint density at radius 1 is 0.811 bits per heavy atom. The van der Waals surface area contributed by atoms with Crippen LogP contribution in [-0.4, -0.2) is 57.1 Å². The van der Waals surface area contributed by atoms with Gasteiger partial charge in [0.25, 0.3) is 0 Å². The zero-order valence-electron chi connectivity index (χ0n) is 21.9. The Bertz CT molecular complexity index is 1380. The van der Waals surface area contributed by atoms with Gasteiger partial charge in [-0.25, -0.2) is 0 Å². The quantitative estimate of drug-likeness (QED) is 0.322. The molecule has 1 aliphatic heterocycles. The van der Waals surface area contributed by atoms with Gasteiger partial charge in [-0.15, -0.1) is 0 Å². The minimum Gasteiger partial charge on any atom is -0.493 e. The standard InChI is InChI=1S/C30H33N3O4/c1-20-15-21(2)17-24(16-20)23-6-7-26-25(19-23)29(33-10-13-36-14-11-33)32-30(31-26)37-12-9-22-5-8-27(34-3)28(18-22)35-4/h5-8,15-19H,9-14H2,1-4H3. The molecule has 1 aromatic heterocycles. The van der Waals surface area contributed by atoms with Crippen LogP contribution in [0.4, 0.5) is 5.82 Å². The number of morpholine rings is 1. The normalized spacial score (nSPS) is 13.6. The summed E-state index contributed by atoms with van der Waals surface area (Å²) < 4.78 is 22.4. The summed E-state index contributed by atoms with van der Waals surface area (Å²) >= 11 is 0. The van der Waals surface area contributed by atoms with Gasteiger partial charge in [0.15, 0.2) is 11.5 Å². The molecular formula is C30H33N3O4. The summed E-state index contributed by atoms with van der Waals surface area (Å²) in [7, 11) is 3.27. The van der Waals surface area contributed by atoms with Crippen LogP contribution in [0.15, 0.2) is 54.6 Å². The van der Waals surface area contributed by atoms with Crippen LogP contribution in [0.25, 0.3) is 22.0 Å². The fourth-order valence-electron chi connectivity index (χ4n) is 4.79. The molecule has 1 saturated heterocycles. The topological polar surface area (TPSA) is 65.9 Å². The summed E-state index contributed by atoms with van der Waals surface area (Å²) in [5.74, 6) is 2.30. The van der Waals surface area contributed by atoms with Crippen molar-refractivity contribution in [3.63, 3.8) is 0 Å². The van der Waals surface area contributed by atoms with Crippen molar-refractivity contribution in [1.82, 2.24) is 9.97 Å². The summed E-state index contributed by atoms with van der Waals surface area (Å²) in [6, 6.07) is 19.3. The third kappa shape index (κ3) is 5.62. The average Bonchev–Trinajstić information content (AvgIpc) is 2.92. The van der Waals surface area contributed by atoms with Gasteiger partial charge in [-0.2, -0.15) is 9.97 Å². The summed E-state index contributed by atoms with van der Waals surface area (Å²) in [6.07, 6.45) is 0.695. The first-order valence-corrected chi connectivity index (χ1v) is 12.6. The zero-order valence-corrected chi connectivity index (χ0v) is 21.9. The Labute approximate surface area is 218 Å². The number of aryl methyl sites for hydroxylation is 2. The third-order valence-corrected chi connectivity index (χ3v) is 6.59. The Balaban J connectivity index is 1.44. The molecule has 4 aromatic rings. The number of nitrogens with zero attached hydrogens (tertiary/aromatic N) is 3. The molecule has 37 heavy (non-hydrogen) atoms. The van der Waals surface area contributed by atoms with Crippen molar-refractivity contribution in [2.24, 2.45) is 0 Å². The maximum atomic E-state index is 6.07. The first kappa shape index (κ1) is 24.8. The second-order valence-electron chi connectivity index (χ2n) is 9.33. The molecule has 192 valence electrons. The van der Waals surface area contributed by atoms with Crippen LogP contribution in [0.3, 0.4) is 0 Å². The number of hydrogen-bond acceptors (Lipinski definition) is 7. The van der Waals surface area contributed by atoms with Crippen molar-refractivity contribution in [3.05, 3.63) is 71.3 Å². The van der Waals surface area contributed by atoms with E-state index in [9.17, 15) is 0 Å². The van der Waals surface area contributed by atoms with Crippen molar-refractivity contribution in [2.75, 3.05) is 52.0 Å². The first-order valence-electron chi connectivity index (χ1n) is 12.6. The number of rotatable bonds is 8. The molecular weight excluding hydrogens is 466 g/mol. The molecule has 0 saturated carbocycles. The summed E-state index contributed by atoms with van der Waals surface area (Å²) in [5, 5.41) is 1.02. The molecule has 2 heterocycles. The Hall–Kier alpha value is -3.84. The van der Waals surface area contributed by atoms with Crippen molar-refractivity contribution in [1.29, 1.82) is 0 Å². The minimum absolute atomic E-state index is 0.383. The number of benzene rings is 3. The van der Waals surface area contributed by atoms with Gasteiger partial charge in [-0.3, -0.25) is 0 Å². The Morgan fingerprint density at radius 3 is 2.30 bits per heavy atom. The summed E-state index contributed by atoms with van der Waals surface area (Å²) in [5.41, 5.74) is 6.80. The van der Waals surface area contributed by atoms with Crippen molar-refractivity contribution < 1.29 is 18.9 Å². The summed E-state index contributed by atoms with van der Waals surface area (Å²) in [6.45, 7) is 7.63. The first-order chi connectivity index (χ1) is 18.0. The van der Waals surface area contributed by atoms with E-state index < -0.39 is 0 Å². The van der Waals surface area contributed by atoms with Crippen LogP contribution in [0.5, 0.6) is 17.5 Å². The molecule has 0 radical (unpaired) electrons. The third-order valence-electron chi connectivity index (χ3n) is 6.59. The SMILES string of the molecule is COc1ccc(CCOc2nc(N3CCOCC3)c3cc(-c4cc(C)cc(C)c4)ccc3n2)cc1OC. The molecule has 7 heteroatoms. The van der Waals surface area contributed by atoms with Crippen molar-refractivity contribution in [3.8, 4) is 28.6 Å². The molecule has 0 unspecified atom stereocenters. The van der Waals surface area contributed by atoms with E-state index in [-0.39, 0.29) is 0 Å². The number of methoxy groups -OCH3 is 2. The number of aromatic nitrogens is 2. The average molecular weight is 500 g/mol. The molecule has 0 aliphatic carbocycles. The number of fused-ring (bicyclic) bond motifs is 1. The fourth-order valence-corrected chi connectivity index (χ4v) is 4.79. The van der Waals surface area contributed by atoms with Crippen molar-refractivity contribution >= 4 is 16.7 Å². The molecule has 3 aromatic carbocycles. The van der Waals surface area contributed by atoms with E-state index in [0.29, 0.717) is 43.8 Å². The van der Waals surface area contributed by atoms with Crippen LogP contribution in [0.2, 0.25) is 0 Å². The van der Waals surface area contributed by atoms with Gasteiger partial charge in [-0.05, 0) is 54.8 Å². The lowest BCUT2D eigenvalue weighted by molar-refractivity contribution is 0.122. The van der Waals surface area contributed by atoms with Crippen LogP contribution in [-0.2, 0) is 11.2 Å². The zero-order chi connectivity index (χ0) is 25.8. The minimum atomic E-state index is 0.383. The second kappa shape index (κ2) is 11.0. The molecule has 0 bridgehead atoms. The van der Waals surface area contributed by atoms with Gasteiger partial charge in [-0.1, -0.05) is 41.5 Å². The number of hydrogen-bond donors (Lipinski definition) is 0. The predicted molar refractivity (Wildman–Crippen MR) is 146 cm³/mol. The maximum Gasteiger partial charge on any atom is 0.318 e. The predicted octanol–water partition coefficient (Wildman–Crippen LogP) is 5.39. The molecule has 1 aliphatic rings. The van der Waals surface area contributed by atoms with Gasteiger partial charge in [0.2, 0.25) is 0 Å². The van der Waals surface area contributed by atoms with Gasteiger partial charge in [0, 0.05) is 24.9 Å². The van der Waals surface area contributed by atoms with Gasteiger partial charge in [0.05, 0.1) is 39.6 Å². The van der Waals surface area contributed by atoms with Crippen LogP contribution in [0.1, 0.15) is 16.7 Å². The Morgan fingerprint density at radius 2 is 1.57 bits per heavy atom. The lowest BCUT2D eigenvalue weighted by atomic mass is 9.99. The van der Waals surface area contributed by atoms with Crippen LogP contribution >= 0.6 is 0 Å². The highest BCUT2D eigenvalue weighted by molar-refractivity contribution is 5.93. The maximum absolute atomic E-state index is 6.07. The largest absolute Gasteiger partial charge is 0.493 e. The van der Waals surface area contributed by atoms with Crippen molar-refractivity contribution in [2.45, 2.75) is 20.3 Å². The molecule has 0 atom stereocenters. The molecule has 7 nitrogen and oxygen atoms in total. The van der Waals surface area contributed by atoms with E-state index >= 15 is 0 Å². The Kier molecular flexibility index (Phi) is 7.42. The smallest absolute Gasteiger partial charge is 0.318 e. The van der Waals surface area contributed by atoms with E-state index in [1.807, 2.05) is 18.2 Å². The highest BCUT2D eigenvalue weighted by Gasteiger charge is 2.19. The second-order valence-corrected chi connectivity index (χ2v) is 9.33. The van der Waals surface area contributed by atoms with E-state index in [2.05, 4.69) is 55.1 Å². The molecule has 0 N–H and O–H groups in total. The highest BCUT2D eigenvalue weighted by Crippen LogP contribution is 2.32. The van der Waals surface area contributed by atoms with E-state index in [1.165, 1.54) is 16.7 Å². The van der Waals surface area contributed by atoms with Gasteiger partial charge in [0.1, 0.15) is 5.82 Å². The highest BCUT2D eigenvalue weighted by atomic mass is 16.5. The number of anilines is 1. The van der Waals surface area contributed by atoms with Gasteiger partial charge >= 0.3 is 6.01 Å². The van der Waals surface area contributed by atoms with E-state index in [0.717, 1.165) is 40.9 Å².